The summed E-state index contributed by atoms with van der Waals surface area (Å²) in [6, 6.07) is 8.33. The first-order valence-corrected chi connectivity index (χ1v) is 11.1. The lowest BCUT2D eigenvalue weighted by Gasteiger charge is -2.41. The Bertz CT molecular complexity index is 797. The molecule has 0 amide bonds. The van der Waals surface area contributed by atoms with Gasteiger partial charge in [0.15, 0.2) is 5.16 Å². The summed E-state index contributed by atoms with van der Waals surface area (Å²) in [5, 5.41) is 0.780. The second-order valence-electron chi connectivity index (χ2n) is 7.50. The van der Waals surface area contributed by atoms with E-state index in [1.165, 1.54) is 22.9 Å². The fourth-order valence-corrected chi connectivity index (χ4v) is 4.31. The molecule has 1 aliphatic heterocycles. The number of hydrogen-bond donors (Lipinski definition) is 0. The molecule has 0 bridgehead atoms. The van der Waals surface area contributed by atoms with E-state index in [2.05, 4.69) is 33.9 Å². The van der Waals surface area contributed by atoms with Gasteiger partial charge in [-0.2, -0.15) is 0 Å². The van der Waals surface area contributed by atoms with Crippen molar-refractivity contribution < 1.29 is 9.53 Å². The van der Waals surface area contributed by atoms with E-state index >= 15 is 0 Å². The molecule has 1 atom stereocenters. The third-order valence-electron chi connectivity index (χ3n) is 5.42. The van der Waals surface area contributed by atoms with Crippen molar-refractivity contribution in [3.63, 3.8) is 0 Å². The van der Waals surface area contributed by atoms with E-state index in [-0.39, 0.29) is 5.97 Å². The van der Waals surface area contributed by atoms with Crippen molar-refractivity contribution in [1.29, 1.82) is 0 Å². The van der Waals surface area contributed by atoms with Gasteiger partial charge in [-0.15, -0.1) is 0 Å². The molecular weight excluding hydrogens is 370 g/mol. The Kier molecular flexibility index (Phi) is 7.08. The summed E-state index contributed by atoms with van der Waals surface area (Å²) in [5.74, 6) is -0.0723. The number of rotatable bonds is 7. The first-order chi connectivity index (χ1) is 13.6. The highest BCUT2D eigenvalue weighted by Gasteiger charge is 2.43. The van der Waals surface area contributed by atoms with Gasteiger partial charge in [-0.05, 0) is 57.0 Å². The zero-order valence-electron chi connectivity index (χ0n) is 17.0. The van der Waals surface area contributed by atoms with Gasteiger partial charge in [0, 0.05) is 31.0 Å². The number of carbonyl (C=O) groups is 1. The molecule has 2 aromatic rings. The molecular formula is C22H29N3O2S. The average Bonchev–Trinajstić information content (AvgIpc) is 2.71. The van der Waals surface area contributed by atoms with Crippen molar-refractivity contribution in [3.05, 3.63) is 53.3 Å². The summed E-state index contributed by atoms with van der Waals surface area (Å²) >= 11 is 1.54. The summed E-state index contributed by atoms with van der Waals surface area (Å²) in [7, 11) is 0. The van der Waals surface area contributed by atoms with E-state index in [0.717, 1.165) is 43.1 Å². The fraction of sp³-hybridized carbons (Fsp3) is 0.500. The van der Waals surface area contributed by atoms with Crippen LogP contribution < -0.4 is 0 Å². The topological polar surface area (TPSA) is 55.3 Å². The monoisotopic (exact) mass is 399 g/mol. The van der Waals surface area contributed by atoms with Crippen molar-refractivity contribution in [2.45, 2.75) is 44.8 Å². The molecule has 0 aliphatic carbocycles. The van der Waals surface area contributed by atoms with Gasteiger partial charge in [0.05, 0.1) is 12.0 Å². The number of aryl methyl sites for hydroxylation is 1. The minimum atomic E-state index is -0.500. The SMILES string of the molecule is CCOC(=O)[C@]1(Cc2ccccc2C)CCCN(Cc2cnc(SC)nc2)C1. The molecule has 0 spiro atoms. The maximum Gasteiger partial charge on any atom is 0.313 e. The molecule has 1 aromatic carbocycles. The molecule has 1 fully saturated rings. The van der Waals surface area contributed by atoms with Gasteiger partial charge < -0.3 is 4.74 Å². The number of carbonyl (C=O) groups excluding carboxylic acids is 1. The lowest BCUT2D eigenvalue weighted by Crippen LogP contribution is -2.49. The highest BCUT2D eigenvalue weighted by atomic mass is 32.2. The maximum atomic E-state index is 13.0. The van der Waals surface area contributed by atoms with Gasteiger partial charge in [-0.3, -0.25) is 9.69 Å². The molecule has 2 heterocycles. The van der Waals surface area contributed by atoms with Gasteiger partial charge in [0.2, 0.25) is 0 Å². The minimum absolute atomic E-state index is 0.0723. The third-order valence-corrected chi connectivity index (χ3v) is 6.00. The van der Waals surface area contributed by atoms with Crippen LogP contribution in [0.4, 0.5) is 0 Å². The van der Waals surface area contributed by atoms with Crippen LogP contribution in [0.25, 0.3) is 0 Å². The normalized spacial score (nSPS) is 20.1. The standard InChI is InChI=1S/C22H29N3O2S/c1-4-27-20(26)22(12-19-9-6-5-8-17(19)2)10-7-11-25(16-22)15-18-13-23-21(28-3)24-14-18/h5-6,8-9,13-14H,4,7,10-12,15-16H2,1-3H3/t22-/m0/s1. The van der Waals surface area contributed by atoms with Crippen LogP contribution in [0.3, 0.4) is 0 Å². The number of likely N-dealkylation sites (tertiary alicyclic amines) is 1. The molecule has 28 heavy (non-hydrogen) atoms. The maximum absolute atomic E-state index is 13.0. The van der Waals surface area contributed by atoms with Crippen molar-refractivity contribution >= 4 is 17.7 Å². The van der Waals surface area contributed by atoms with Crippen LogP contribution in [0.15, 0.2) is 41.8 Å². The van der Waals surface area contributed by atoms with Gasteiger partial charge in [0.1, 0.15) is 0 Å². The van der Waals surface area contributed by atoms with Gasteiger partial charge in [-0.1, -0.05) is 36.0 Å². The molecule has 6 heteroatoms. The zero-order valence-corrected chi connectivity index (χ0v) is 17.8. The summed E-state index contributed by atoms with van der Waals surface area (Å²) < 4.78 is 5.53. The number of benzene rings is 1. The molecule has 3 rings (SSSR count). The summed E-state index contributed by atoms with van der Waals surface area (Å²) in [4.78, 5) is 24.1. The third kappa shape index (κ3) is 4.92. The van der Waals surface area contributed by atoms with Crippen LogP contribution in [0.2, 0.25) is 0 Å². The quantitative estimate of drug-likeness (QED) is 0.400. The molecule has 1 aromatic heterocycles. The van der Waals surface area contributed by atoms with E-state index in [9.17, 15) is 4.79 Å². The van der Waals surface area contributed by atoms with Crippen molar-refractivity contribution in [1.82, 2.24) is 14.9 Å². The molecule has 5 nitrogen and oxygen atoms in total. The van der Waals surface area contributed by atoms with Crippen LogP contribution in [0.1, 0.15) is 36.5 Å². The van der Waals surface area contributed by atoms with Gasteiger partial charge in [-0.25, -0.2) is 9.97 Å². The molecule has 0 N–H and O–H groups in total. The van der Waals surface area contributed by atoms with E-state index < -0.39 is 5.41 Å². The molecule has 1 saturated heterocycles. The van der Waals surface area contributed by atoms with Crippen LogP contribution in [-0.2, 0) is 22.5 Å². The lowest BCUT2D eigenvalue weighted by atomic mass is 9.74. The van der Waals surface area contributed by atoms with Crippen molar-refractivity contribution in [2.24, 2.45) is 5.41 Å². The number of esters is 1. The van der Waals surface area contributed by atoms with Crippen LogP contribution in [-0.4, -0.2) is 46.8 Å². The molecule has 0 unspecified atom stereocenters. The number of hydrogen-bond acceptors (Lipinski definition) is 6. The second-order valence-corrected chi connectivity index (χ2v) is 8.27. The predicted octanol–water partition coefficient (Wildman–Crippen LogP) is 3.89. The molecule has 1 aliphatic rings. The van der Waals surface area contributed by atoms with Crippen molar-refractivity contribution in [2.75, 3.05) is 26.0 Å². The van der Waals surface area contributed by atoms with Crippen LogP contribution in [0.5, 0.6) is 0 Å². The number of thioether (sulfide) groups is 1. The number of nitrogens with zero attached hydrogens (tertiary/aromatic N) is 3. The van der Waals surface area contributed by atoms with Gasteiger partial charge >= 0.3 is 5.97 Å². The summed E-state index contributed by atoms with van der Waals surface area (Å²) in [6.45, 7) is 6.83. The highest BCUT2D eigenvalue weighted by molar-refractivity contribution is 7.98. The van der Waals surface area contributed by atoms with Crippen molar-refractivity contribution in [3.8, 4) is 0 Å². The Morgan fingerprint density at radius 3 is 2.71 bits per heavy atom. The molecule has 150 valence electrons. The average molecular weight is 400 g/mol. The molecule has 0 radical (unpaired) electrons. The van der Waals surface area contributed by atoms with E-state index in [4.69, 9.17) is 4.74 Å². The Labute approximate surface area is 171 Å². The van der Waals surface area contributed by atoms with Crippen LogP contribution in [0, 0.1) is 12.3 Å². The molecule has 0 saturated carbocycles. The summed E-state index contributed by atoms with van der Waals surface area (Å²) in [6.07, 6.45) is 8.31. The Morgan fingerprint density at radius 1 is 1.29 bits per heavy atom. The van der Waals surface area contributed by atoms with Crippen LogP contribution >= 0.6 is 11.8 Å². The Morgan fingerprint density at radius 2 is 2.04 bits per heavy atom. The summed E-state index contributed by atoms with van der Waals surface area (Å²) in [5.41, 5.74) is 3.03. The minimum Gasteiger partial charge on any atom is -0.466 e. The number of piperidine rings is 1. The number of aromatic nitrogens is 2. The first-order valence-electron chi connectivity index (χ1n) is 9.85. The van der Waals surface area contributed by atoms with E-state index in [0.29, 0.717) is 13.2 Å². The zero-order chi connectivity index (χ0) is 20.0. The Hall–Kier alpha value is -1.92. The smallest absolute Gasteiger partial charge is 0.313 e. The largest absolute Gasteiger partial charge is 0.466 e. The predicted molar refractivity (Wildman–Crippen MR) is 112 cm³/mol. The fourth-order valence-electron chi connectivity index (χ4n) is 3.99. The van der Waals surface area contributed by atoms with Gasteiger partial charge in [0.25, 0.3) is 0 Å². The Balaban J connectivity index is 1.80. The number of ether oxygens (including phenoxy) is 1. The first kappa shape index (κ1) is 20.8. The van der Waals surface area contributed by atoms with E-state index in [1.54, 1.807) is 0 Å². The highest BCUT2D eigenvalue weighted by Crippen LogP contribution is 2.36. The lowest BCUT2D eigenvalue weighted by molar-refractivity contribution is -0.159. The second kappa shape index (κ2) is 9.52. The van der Waals surface area contributed by atoms with E-state index in [1.807, 2.05) is 37.7 Å².